The molecular weight excluding hydrogens is 302 g/mol. The van der Waals surface area contributed by atoms with Crippen LogP contribution in [0.2, 0.25) is 5.15 Å². The van der Waals surface area contributed by atoms with E-state index in [9.17, 15) is 9.59 Å². The Kier molecular flexibility index (Phi) is 3.82. The van der Waals surface area contributed by atoms with Crippen LogP contribution in [0.25, 0.3) is 11.0 Å². The van der Waals surface area contributed by atoms with Gasteiger partial charge in [0.1, 0.15) is 5.54 Å². The van der Waals surface area contributed by atoms with Crippen molar-refractivity contribution in [3.63, 3.8) is 0 Å². The molecule has 0 aliphatic heterocycles. The molecule has 106 valence electrons. The van der Waals surface area contributed by atoms with E-state index in [1.807, 2.05) is 5.38 Å². The van der Waals surface area contributed by atoms with Gasteiger partial charge in [-0.3, -0.25) is 9.20 Å². The van der Waals surface area contributed by atoms with E-state index in [4.69, 9.17) is 16.7 Å². The molecule has 6 nitrogen and oxygen atoms in total. The Hall–Kier alpha value is -1.86. The summed E-state index contributed by atoms with van der Waals surface area (Å²) in [4.78, 5) is 27.5. The molecule has 0 saturated heterocycles. The van der Waals surface area contributed by atoms with Crippen molar-refractivity contribution < 1.29 is 14.7 Å². The molecule has 2 heterocycles. The van der Waals surface area contributed by atoms with Gasteiger partial charge in [-0.15, -0.1) is 11.3 Å². The van der Waals surface area contributed by atoms with Gasteiger partial charge in [0.2, 0.25) is 5.91 Å². The predicted octanol–water partition coefficient (Wildman–Crippen LogP) is 2.04. The summed E-state index contributed by atoms with van der Waals surface area (Å²) < 4.78 is 1.75. The number of aromatic nitrogens is 2. The SMILES string of the molecule is CC(C)(NC(=O)C=Cc1c(Cl)nc2sccn12)C(=O)O. The summed E-state index contributed by atoms with van der Waals surface area (Å²) >= 11 is 7.40. The van der Waals surface area contributed by atoms with E-state index in [-0.39, 0.29) is 0 Å². The van der Waals surface area contributed by atoms with Crippen LogP contribution < -0.4 is 5.32 Å². The minimum absolute atomic E-state index is 0.290. The van der Waals surface area contributed by atoms with Crippen molar-refractivity contribution in [3.8, 4) is 0 Å². The zero-order valence-electron chi connectivity index (χ0n) is 10.8. The van der Waals surface area contributed by atoms with Crippen LogP contribution in [0.3, 0.4) is 0 Å². The number of carbonyl (C=O) groups is 2. The van der Waals surface area contributed by atoms with E-state index < -0.39 is 17.4 Å². The first-order chi connectivity index (χ1) is 9.31. The van der Waals surface area contributed by atoms with Gasteiger partial charge in [-0.25, -0.2) is 9.78 Å². The molecule has 1 amide bonds. The smallest absolute Gasteiger partial charge is 0.328 e. The van der Waals surface area contributed by atoms with Crippen molar-refractivity contribution in [1.82, 2.24) is 14.7 Å². The first kappa shape index (κ1) is 14.5. The van der Waals surface area contributed by atoms with Gasteiger partial charge >= 0.3 is 5.97 Å². The van der Waals surface area contributed by atoms with Gasteiger partial charge in [0, 0.05) is 17.7 Å². The van der Waals surface area contributed by atoms with Crippen LogP contribution >= 0.6 is 22.9 Å². The van der Waals surface area contributed by atoms with E-state index in [2.05, 4.69) is 10.3 Å². The lowest BCUT2D eigenvalue weighted by molar-refractivity contribution is -0.145. The van der Waals surface area contributed by atoms with Gasteiger partial charge < -0.3 is 10.4 Å². The van der Waals surface area contributed by atoms with Crippen LogP contribution in [0.15, 0.2) is 17.7 Å². The first-order valence-corrected chi connectivity index (χ1v) is 6.91. The van der Waals surface area contributed by atoms with Gasteiger partial charge in [0.15, 0.2) is 10.1 Å². The van der Waals surface area contributed by atoms with Crippen molar-refractivity contribution >= 4 is 45.9 Å². The Labute approximate surface area is 123 Å². The number of halogens is 1. The largest absolute Gasteiger partial charge is 0.480 e. The summed E-state index contributed by atoms with van der Waals surface area (Å²) in [5.41, 5.74) is -0.758. The maximum Gasteiger partial charge on any atom is 0.328 e. The Morgan fingerprint density at radius 2 is 2.25 bits per heavy atom. The molecule has 2 N–H and O–H groups in total. The fourth-order valence-electron chi connectivity index (χ4n) is 1.48. The van der Waals surface area contributed by atoms with Crippen LogP contribution in [0.5, 0.6) is 0 Å². The van der Waals surface area contributed by atoms with Crippen molar-refractivity contribution in [2.75, 3.05) is 0 Å². The molecule has 0 radical (unpaired) electrons. The molecule has 0 unspecified atom stereocenters. The number of carboxylic acid groups (broad SMARTS) is 1. The van der Waals surface area contributed by atoms with Crippen LogP contribution in [0.1, 0.15) is 19.5 Å². The van der Waals surface area contributed by atoms with Gasteiger partial charge in [-0.1, -0.05) is 11.6 Å². The Balaban J connectivity index is 2.17. The molecule has 0 spiro atoms. The predicted molar refractivity (Wildman–Crippen MR) is 77.0 cm³/mol. The summed E-state index contributed by atoms with van der Waals surface area (Å²) in [5.74, 6) is -1.62. The van der Waals surface area contributed by atoms with E-state index in [0.29, 0.717) is 10.8 Å². The normalized spacial score (nSPS) is 12.2. The average molecular weight is 314 g/mol. The molecule has 0 saturated carbocycles. The number of carbonyl (C=O) groups excluding carboxylic acids is 1. The molecule has 8 heteroatoms. The van der Waals surface area contributed by atoms with Gasteiger partial charge in [-0.2, -0.15) is 0 Å². The third-order valence-electron chi connectivity index (χ3n) is 2.62. The number of nitrogens with one attached hydrogen (secondary N) is 1. The molecule has 0 fully saturated rings. The van der Waals surface area contributed by atoms with E-state index >= 15 is 0 Å². The molecule has 0 bridgehead atoms. The molecular formula is C12H12ClN3O3S. The van der Waals surface area contributed by atoms with Crippen molar-refractivity contribution in [2.45, 2.75) is 19.4 Å². The molecule has 2 rings (SSSR count). The third-order valence-corrected chi connectivity index (χ3v) is 3.65. The lowest BCUT2D eigenvalue weighted by Gasteiger charge is -2.19. The molecule has 2 aromatic rings. The monoisotopic (exact) mass is 313 g/mol. The Bertz CT molecular complexity index is 702. The van der Waals surface area contributed by atoms with E-state index in [0.717, 1.165) is 4.96 Å². The lowest BCUT2D eigenvalue weighted by atomic mass is 10.1. The fraction of sp³-hybridized carbons (Fsp3) is 0.250. The Morgan fingerprint density at radius 3 is 2.90 bits per heavy atom. The van der Waals surface area contributed by atoms with E-state index in [1.54, 1.807) is 10.6 Å². The zero-order chi connectivity index (χ0) is 14.9. The maximum absolute atomic E-state index is 11.7. The average Bonchev–Trinajstić information content (AvgIpc) is 2.86. The first-order valence-electron chi connectivity index (χ1n) is 5.66. The topological polar surface area (TPSA) is 83.7 Å². The van der Waals surface area contributed by atoms with Gasteiger partial charge in [0.25, 0.3) is 0 Å². The number of nitrogens with zero attached hydrogens (tertiary/aromatic N) is 2. The van der Waals surface area contributed by atoms with Crippen molar-refractivity contribution in [2.24, 2.45) is 0 Å². The highest BCUT2D eigenvalue weighted by atomic mass is 35.5. The van der Waals surface area contributed by atoms with Crippen molar-refractivity contribution in [3.05, 3.63) is 28.5 Å². The number of aliphatic carboxylic acids is 1. The van der Waals surface area contributed by atoms with Gasteiger partial charge in [-0.05, 0) is 19.9 Å². The number of hydrogen-bond donors (Lipinski definition) is 2. The van der Waals surface area contributed by atoms with Gasteiger partial charge in [0.05, 0.1) is 5.69 Å². The molecule has 0 aliphatic carbocycles. The second kappa shape index (κ2) is 5.26. The molecule has 0 aliphatic rings. The van der Waals surface area contributed by atoms with E-state index in [1.165, 1.54) is 37.3 Å². The zero-order valence-corrected chi connectivity index (χ0v) is 12.3. The highest BCUT2D eigenvalue weighted by molar-refractivity contribution is 7.15. The Morgan fingerprint density at radius 1 is 1.55 bits per heavy atom. The van der Waals surface area contributed by atoms with Crippen LogP contribution in [0, 0.1) is 0 Å². The second-order valence-electron chi connectivity index (χ2n) is 4.60. The highest BCUT2D eigenvalue weighted by Crippen LogP contribution is 2.22. The number of amides is 1. The number of imidazole rings is 1. The molecule has 20 heavy (non-hydrogen) atoms. The van der Waals surface area contributed by atoms with Crippen molar-refractivity contribution in [1.29, 1.82) is 0 Å². The lowest BCUT2D eigenvalue weighted by Crippen LogP contribution is -2.49. The number of fused-ring (bicyclic) bond motifs is 1. The highest BCUT2D eigenvalue weighted by Gasteiger charge is 2.28. The summed E-state index contributed by atoms with van der Waals surface area (Å²) in [6, 6.07) is 0. The standard InChI is InChI=1S/C12H12ClN3O3S/c1-12(2,10(18)19)15-8(17)4-3-7-9(13)14-11-16(7)5-6-20-11/h3-6H,1-2H3,(H,15,17)(H,18,19). The molecule has 0 aromatic carbocycles. The number of thiazole rings is 1. The third kappa shape index (κ3) is 2.83. The van der Waals surface area contributed by atoms with Crippen LogP contribution in [0.4, 0.5) is 0 Å². The minimum atomic E-state index is -1.33. The second-order valence-corrected chi connectivity index (χ2v) is 5.83. The molecule has 0 atom stereocenters. The van der Waals surface area contributed by atoms with Crippen LogP contribution in [-0.4, -0.2) is 31.9 Å². The summed E-state index contributed by atoms with van der Waals surface area (Å²) in [6.45, 7) is 2.81. The summed E-state index contributed by atoms with van der Waals surface area (Å²) in [7, 11) is 0. The fourth-order valence-corrected chi connectivity index (χ4v) is 2.49. The quantitative estimate of drug-likeness (QED) is 0.846. The summed E-state index contributed by atoms with van der Waals surface area (Å²) in [5, 5.41) is 13.5. The number of carboxylic acids is 1. The summed E-state index contributed by atoms with van der Waals surface area (Å²) in [6.07, 6.45) is 4.53. The number of rotatable bonds is 4. The minimum Gasteiger partial charge on any atom is -0.480 e. The maximum atomic E-state index is 11.7. The number of hydrogen-bond acceptors (Lipinski definition) is 4. The van der Waals surface area contributed by atoms with Crippen LogP contribution in [-0.2, 0) is 9.59 Å². The molecule has 2 aromatic heterocycles.